The highest BCUT2D eigenvalue weighted by Crippen LogP contribution is 2.12. The fourth-order valence-corrected chi connectivity index (χ4v) is 2.83. The Morgan fingerprint density at radius 1 is 1.21 bits per heavy atom. The van der Waals surface area contributed by atoms with Crippen LogP contribution in [0.2, 0.25) is 0 Å². The molecule has 1 aromatic carbocycles. The van der Waals surface area contributed by atoms with Gasteiger partial charge in [0.25, 0.3) is 5.91 Å². The minimum Gasteiger partial charge on any atom is -0.383 e. The quantitative estimate of drug-likeness (QED) is 0.818. The zero-order chi connectivity index (χ0) is 16.9. The van der Waals surface area contributed by atoms with Crippen molar-refractivity contribution in [3.8, 4) is 5.69 Å². The largest absolute Gasteiger partial charge is 0.383 e. The smallest absolute Gasteiger partial charge is 0.293 e. The van der Waals surface area contributed by atoms with E-state index in [1.807, 2.05) is 36.1 Å². The van der Waals surface area contributed by atoms with Gasteiger partial charge in [-0.25, -0.2) is 9.67 Å². The molecule has 1 aliphatic rings. The van der Waals surface area contributed by atoms with Crippen LogP contribution in [-0.2, 0) is 4.74 Å². The number of benzene rings is 1. The Bertz CT molecular complexity index is 692. The summed E-state index contributed by atoms with van der Waals surface area (Å²) in [5.74, 6) is 0.150. The fourth-order valence-electron chi connectivity index (χ4n) is 2.83. The Labute approximate surface area is 141 Å². The molecule has 0 N–H and O–H groups in total. The highest BCUT2D eigenvalue weighted by atomic mass is 16.5. The molecule has 1 amide bonds. The van der Waals surface area contributed by atoms with E-state index in [1.165, 1.54) is 0 Å². The van der Waals surface area contributed by atoms with Crippen LogP contribution in [0.5, 0.6) is 0 Å². The number of hydrogen-bond donors (Lipinski definition) is 0. The number of aromatic nitrogens is 3. The van der Waals surface area contributed by atoms with E-state index in [2.05, 4.69) is 15.0 Å². The molecular weight excluding hydrogens is 306 g/mol. The number of amides is 1. The number of aryl methyl sites for hydroxylation is 1. The number of hydrogen-bond acceptors (Lipinski definition) is 5. The Kier molecular flexibility index (Phi) is 5.22. The van der Waals surface area contributed by atoms with Gasteiger partial charge in [0.05, 0.1) is 12.3 Å². The van der Waals surface area contributed by atoms with E-state index in [0.29, 0.717) is 13.1 Å². The highest BCUT2D eigenvalue weighted by Gasteiger charge is 2.24. The summed E-state index contributed by atoms with van der Waals surface area (Å²) in [6.45, 7) is 6.73. The van der Waals surface area contributed by atoms with E-state index < -0.39 is 0 Å². The summed E-state index contributed by atoms with van der Waals surface area (Å²) in [7, 11) is 1.70. The number of para-hydroxylation sites is 1. The van der Waals surface area contributed by atoms with Gasteiger partial charge in [0.15, 0.2) is 0 Å². The van der Waals surface area contributed by atoms with E-state index in [0.717, 1.165) is 37.5 Å². The van der Waals surface area contributed by atoms with Gasteiger partial charge in [0, 0.05) is 39.8 Å². The maximum atomic E-state index is 12.6. The van der Waals surface area contributed by atoms with E-state index in [4.69, 9.17) is 4.74 Å². The maximum absolute atomic E-state index is 12.6. The van der Waals surface area contributed by atoms with E-state index in [1.54, 1.807) is 18.1 Å². The van der Waals surface area contributed by atoms with Gasteiger partial charge in [0.2, 0.25) is 5.82 Å². The first-order valence-electron chi connectivity index (χ1n) is 8.17. The van der Waals surface area contributed by atoms with Crippen molar-refractivity contribution in [3.63, 3.8) is 0 Å². The number of carbonyl (C=O) groups is 1. The molecule has 2 aromatic rings. The molecule has 7 nitrogen and oxygen atoms in total. The van der Waals surface area contributed by atoms with Crippen molar-refractivity contribution in [2.45, 2.75) is 6.92 Å². The van der Waals surface area contributed by atoms with Gasteiger partial charge in [-0.2, -0.15) is 0 Å². The van der Waals surface area contributed by atoms with Crippen molar-refractivity contribution >= 4 is 5.91 Å². The van der Waals surface area contributed by atoms with Crippen molar-refractivity contribution in [1.82, 2.24) is 24.6 Å². The highest BCUT2D eigenvalue weighted by molar-refractivity contribution is 5.90. The lowest BCUT2D eigenvalue weighted by molar-refractivity contribution is 0.0583. The van der Waals surface area contributed by atoms with Crippen LogP contribution in [0.1, 0.15) is 16.2 Å². The molecule has 2 heterocycles. The first kappa shape index (κ1) is 16.6. The third kappa shape index (κ3) is 3.63. The van der Waals surface area contributed by atoms with Crippen molar-refractivity contribution in [2.75, 3.05) is 46.4 Å². The standard InChI is InChI=1S/C17H23N5O2/c1-14-5-3-4-6-15(14)22-13-18-16(19-22)17(23)21-9-7-20(8-10-21)11-12-24-2/h3-6,13H,7-12H2,1-2H3. The normalized spacial score (nSPS) is 15.7. The van der Waals surface area contributed by atoms with Gasteiger partial charge in [-0.05, 0) is 18.6 Å². The van der Waals surface area contributed by atoms with Crippen molar-refractivity contribution in [1.29, 1.82) is 0 Å². The molecule has 1 aromatic heterocycles. The molecule has 3 rings (SSSR count). The maximum Gasteiger partial charge on any atom is 0.293 e. The number of carbonyl (C=O) groups excluding carboxylic acids is 1. The predicted molar refractivity (Wildman–Crippen MR) is 90.3 cm³/mol. The molecule has 7 heteroatoms. The number of piperazine rings is 1. The van der Waals surface area contributed by atoms with Gasteiger partial charge >= 0.3 is 0 Å². The third-order valence-corrected chi connectivity index (χ3v) is 4.32. The summed E-state index contributed by atoms with van der Waals surface area (Å²) in [6, 6.07) is 7.90. The third-order valence-electron chi connectivity index (χ3n) is 4.32. The molecule has 1 fully saturated rings. The SMILES string of the molecule is COCCN1CCN(C(=O)c2ncn(-c3ccccc3C)n2)CC1. The number of nitrogens with zero attached hydrogens (tertiary/aromatic N) is 5. The van der Waals surface area contributed by atoms with E-state index in [-0.39, 0.29) is 11.7 Å². The average Bonchev–Trinajstić information content (AvgIpc) is 3.10. The Balaban J connectivity index is 1.64. The van der Waals surface area contributed by atoms with Crippen LogP contribution in [0.15, 0.2) is 30.6 Å². The first-order chi connectivity index (χ1) is 11.7. The van der Waals surface area contributed by atoms with Crippen LogP contribution in [0, 0.1) is 6.92 Å². The van der Waals surface area contributed by atoms with Gasteiger partial charge in [-0.15, -0.1) is 5.10 Å². The average molecular weight is 329 g/mol. The van der Waals surface area contributed by atoms with Crippen LogP contribution in [0.4, 0.5) is 0 Å². The molecule has 0 aliphatic carbocycles. The molecule has 0 bridgehead atoms. The second-order valence-corrected chi connectivity index (χ2v) is 5.93. The second kappa shape index (κ2) is 7.55. The summed E-state index contributed by atoms with van der Waals surface area (Å²) >= 11 is 0. The molecule has 24 heavy (non-hydrogen) atoms. The molecular formula is C17H23N5O2. The van der Waals surface area contributed by atoms with Gasteiger partial charge in [-0.1, -0.05) is 18.2 Å². The van der Waals surface area contributed by atoms with Crippen LogP contribution in [-0.4, -0.2) is 76.9 Å². The zero-order valence-electron chi connectivity index (χ0n) is 14.2. The van der Waals surface area contributed by atoms with Crippen LogP contribution in [0.25, 0.3) is 5.69 Å². The fraction of sp³-hybridized carbons (Fsp3) is 0.471. The zero-order valence-corrected chi connectivity index (χ0v) is 14.2. The minimum atomic E-state index is -0.103. The van der Waals surface area contributed by atoms with Crippen LogP contribution in [0.3, 0.4) is 0 Å². The van der Waals surface area contributed by atoms with Gasteiger partial charge < -0.3 is 9.64 Å². The molecule has 0 spiro atoms. The predicted octanol–water partition coefficient (Wildman–Crippen LogP) is 0.980. The van der Waals surface area contributed by atoms with Crippen molar-refractivity contribution in [3.05, 3.63) is 42.0 Å². The number of methoxy groups -OCH3 is 1. The topological polar surface area (TPSA) is 63.5 Å². The molecule has 0 saturated carbocycles. The first-order valence-corrected chi connectivity index (χ1v) is 8.17. The molecule has 0 unspecified atom stereocenters. The Morgan fingerprint density at radius 2 is 1.96 bits per heavy atom. The number of rotatable bonds is 5. The minimum absolute atomic E-state index is 0.103. The van der Waals surface area contributed by atoms with Crippen molar-refractivity contribution < 1.29 is 9.53 Å². The molecule has 128 valence electrons. The van der Waals surface area contributed by atoms with E-state index in [9.17, 15) is 4.79 Å². The van der Waals surface area contributed by atoms with Crippen LogP contribution >= 0.6 is 0 Å². The van der Waals surface area contributed by atoms with Gasteiger partial charge in [0.1, 0.15) is 6.33 Å². The lowest BCUT2D eigenvalue weighted by Gasteiger charge is -2.33. The summed E-state index contributed by atoms with van der Waals surface area (Å²) in [4.78, 5) is 20.9. The molecule has 1 saturated heterocycles. The Hall–Kier alpha value is -2.25. The summed E-state index contributed by atoms with van der Waals surface area (Å²) < 4.78 is 6.76. The molecule has 0 radical (unpaired) electrons. The second-order valence-electron chi connectivity index (χ2n) is 5.93. The summed E-state index contributed by atoms with van der Waals surface area (Å²) in [6.07, 6.45) is 1.60. The summed E-state index contributed by atoms with van der Waals surface area (Å²) in [5, 5.41) is 4.37. The van der Waals surface area contributed by atoms with Crippen molar-refractivity contribution in [2.24, 2.45) is 0 Å². The Morgan fingerprint density at radius 3 is 2.67 bits per heavy atom. The summed E-state index contributed by atoms with van der Waals surface area (Å²) in [5.41, 5.74) is 2.03. The molecule has 0 atom stereocenters. The van der Waals surface area contributed by atoms with Crippen LogP contribution < -0.4 is 0 Å². The van der Waals surface area contributed by atoms with E-state index >= 15 is 0 Å². The van der Waals surface area contributed by atoms with Gasteiger partial charge in [-0.3, -0.25) is 9.69 Å². The molecule has 1 aliphatic heterocycles. The number of ether oxygens (including phenoxy) is 1. The lowest BCUT2D eigenvalue weighted by Crippen LogP contribution is -2.49. The lowest BCUT2D eigenvalue weighted by atomic mass is 10.2. The monoisotopic (exact) mass is 329 g/mol.